The van der Waals surface area contributed by atoms with Crippen LogP contribution in [0.4, 0.5) is 5.69 Å². The van der Waals surface area contributed by atoms with Crippen LogP contribution in [-0.2, 0) is 4.79 Å². The Balaban J connectivity index is 1.60. The maximum absolute atomic E-state index is 13.0. The number of rotatable bonds is 6. The molecule has 0 spiro atoms. The SMILES string of the molecule is CC(C)NC(=O)CN1CCN(C(=O)c2ccccc2NC(=O)c2ccsc2)CC1. The summed E-state index contributed by atoms with van der Waals surface area (Å²) in [6.07, 6.45) is 0. The monoisotopic (exact) mass is 414 g/mol. The van der Waals surface area contributed by atoms with Crippen molar-refractivity contribution in [2.75, 3.05) is 38.0 Å². The topological polar surface area (TPSA) is 81.8 Å². The van der Waals surface area contributed by atoms with Crippen molar-refractivity contribution < 1.29 is 14.4 Å². The Labute approximate surface area is 174 Å². The minimum Gasteiger partial charge on any atom is -0.353 e. The average Bonchev–Trinajstić information content (AvgIpc) is 3.23. The van der Waals surface area contributed by atoms with E-state index in [1.165, 1.54) is 11.3 Å². The molecule has 1 fully saturated rings. The number of thiophene rings is 1. The summed E-state index contributed by atoms with van der Waals surface area (Å²) in [5.74, 6) is -0.341. The minimum absolute atomic E-state index is 0.00117. The molecule has 2 aromatic rings. The highest BCUT2D eigenvalue weighted by Crippen LogP contribution is 2.20. The first-order chi connectivity index (χ1) is 13.9. The van der Waals surface area contributed by atoms with Crippen LogP contribution in [-0.4, -0.2) is 66.3 Å². The van der Waals surface area contributed by atoms with Crippen LogP contribution in [0.15, 0.2) is 41.1 Å². The number of nitrogens with zero attached hydrogens (tertiary/aromatic N) is 2. The predicted octanol–water partition coefficient (Wildman–Crippen LogP) is 2.28. The van der Waals surface area contributed by atoms with Gasteiger partial charge in [-0.15, -0.1) is 0 Å². The normalized spacial score (nSPS) is 14.7. The molecule has 2 heterocycles. The second-order valence-corrected chi connectivity index (χ2v) is 8.08. The second-order valence-electron chi connectivity index (χ2n) is 7.30. The number of hydrogen-bond donors (Lipinski definition) is 2. The highest BCUT2D eigenvalue weighted by molar-refractivity contribution is 7.08. The van der Waals surface area contributed by atoms with Crippen LogP contribution in [0.1, 0.15) is 34.6 Å². The van der Waals surface area contributed by atoms with Crippen LogP contribution in [0.3, 0.4) is 0 Å². The molecule has 1 aliphatic rings. The molecule has 7 nitrogen and oxygen atoms in total. The fourth-order valence-electron chi connectivity index (χ4n) is 3.22. The number of nitrogens with one attached hydrogen (secondary N) is 2. The van der Waals surface area contributed by atoms with Gasteiger partial charge in [-0.3, -0.25) is 19.3 Å². The van der Waals surface area contributed by atoms with Gasteiger partial charge in [0.05, 0.1) is 23.4 Å². The van der Waals surface area contributed by atoms with Gasteiger partial charge < -0.3 is 15.5 Å². The van der Waals surface area contributed by atoms with Crippen molar-refractivity contribution in [2.24, 2.45) is 0 Å². The van der Waals surface area contributed by atoms with Crippen molar-refractivity contribution in [2.45, 2.75) is 19.9 Å². The summed E-state index contributed by atoms with van der Waals surface area (Å²) >= 11 is 1.45. The van der Waals surface area contributed by atoms with Gasteiger partial charge in [0.15, 0.2) is 0 Å². The summed E-state index contributed by atoms with van der Waals surface area (Å²) in [5, 5.41) is 9.34. The van der Waals surface area contributed by atoms with Crippen LogP contribution in [0.25, 0.3) is 0 Å². The molecule has 3 rings (SSSR count). The standard InChI is InChI=1S/C21H26N4O3S/c1-15(2)22-19(26)13-24-8-10-25(11-9-24)21(28)17-5-3-4-6-18(17)23-20(27)16-7-12-29-14-16/h3-7,12,14-15H,8-11,13H2,1-2H3,(H,22,26)(H,23,27). The van der Waals surface area contributed by atoms with Gasteiger partial charge in [0.1, 0.15) is 0 Å². The summed E-state index contributed by atoms with van der Waals surface area (Å²) in [7, 11) is 0. The lowest BCUT2D eigenvalue weighted by Gasteiger charge is -2.34. The molecule has 0 unspecified atom stereocenters. The number of benzene rings is 1. The summed E-state index contributed by atoms with van der Waals surface area (Å²) in [6, 6.07) is 8.92. The van der Waals surface area contributed by atoms with Crippen LogP contribution < -0.4 is 10.6 Å². The summed E-state index contributed by atoms with van der Waals surface area (Å²) in [5.41, 5.74) is 1.56. The Morgan fingerprint density at radius 3 is 2.45 bits per heavy atom. The number of para-hydroxylation sites is 1. The molecular formula is C21H26N4O3S. The second kappa shape index (κ2) is 9.67. The van der Waals surface area contributed by atoms with E-state index in [-0.39, 0.29) is 23.8 Å². The number of piperazine rings is 1. The van der Waals surface area contributed by atoms with Crippen molar-refractivity contribution in [3.8, 4) is 0 Å². The average molecular weight is 415 g/mol. The van der Waals surface area contributed by atoms with E-state index in [1.54, 1.807) is 40.6 Å². The number of anilines is 1. The maximum atomic E-state index is 13.0. The van der Waals surface area contributed by atoms with E-state index in [1.807, 2.05) is 24.1 Å². The molecule has 154 valence electrons. The van der Waals surface area contributed by atoms with Crippen LogP contribution in [0.2, 0.25) is 0 Å². The smallest absolute Gasteiger partial charge is 0.256 e. The van der Waals surface area contributed by atoms with Crippen molar-refractivity contribution in [1.82, 2.24) is 15.1 Å². The van der Waals surface area contributed by atoms with Gasteiger partial charge in [-0.1, -0.05) is 12.1 Å². The molecule has 1 aromatic carbocycles. The first-order valence-corrected chi connectivity index (χ1v) is 10.6. The Morgan fingerprint density at radius 1 is 1.07 bits per heavy atom. The first-order valence-electron chi connectivity index (χ1n) is 9.67. The number of carbonyl (C=O) groups excluding carboxylic acids is 3. The van der Waals surface area contributed by atoms with E-state index in [9.17, 15) is 14.4 Å². The molecule has 3 amide bonds. The third-order valence-electron chi connectivity index (χ3n) is 4.67. The number of amides is 3. The zero-order valence-electron chi connectivity index (χ0n) is 16.7. The molecule has 0 radical (unpaired) electrons. The van der Waals surface area contributed by atoms with E-state index in [4.69, 9.17) is 0 Å². The molecule has 2 N–H and O–H groups in total. The van der Waals surface area contributed by atoms with E-state index in [0.717, 1.165) is 0 Å². The molecule has 0 atom stereocenters. The molecule has 8 heteroatoms. The lowest BCUT2D eigenvalue weighted by molar-refractivity contribution is -0.123. The maximum Gasteiger partial charge on any atom is 0.256 e. The lowest BCUT2D eigenvalue weighted by atomic mass is 10.1. The van der Waals surface area contributed by atoms with Gasteiger partial charge in [-0.25, -0.2) is 0 Å². The Morgan fingerprint density at radius 2 is 1.79 bits per heavy atom. The van der Waals surface area contributed by atoms with Gasteiger partial charge in [0.2, 0.25) is 5.91 Å². The molecule has 0 saturated carbocycles. The molecule has 29 heavy (non-hydrogen) atoms. The van der Waals surface area contributed by atoms with Gasteiger partial charge in [-0.05, 0) is 37.4 Å². The first kappa shape index (κ1) is 21.0. The number of hydrogen-bond acceptors (Lipinski definition) is 5. The Bertz CT molecular complexity index is 859. The van der Waals surface area contributed by atoms with Crippen molar-refractivity contribution in [3.05, 3.63) is 52.2 Å². The summed E-state index contributed by atoms with van der Waals surface area (Å²) < 4.78 is 0. The molecular weight excluding hydrogens is 388 g/mol. The Hall–Kier alpha value is -2.71. The highest BCUT2D eigenvalue weighted by Gasteiger charge is 2.25. The van der Waals surface area contributed by atoms with Crippen molar-refractivity contribution >= 4 is 34.7 Å². The largest absolute Gasteiger partial charge is 0.353 e. The third-order valence-corrected chi connectivity index (χ3v) is 5.35. The van der Waals surface area contributed by atoms with Crippen molar-refractivity contribution in [1.29, 1.82) is 0 Å². The van der Waals surface area contributed by atoms with E-state index >= 15 is 0 Å². The van der Waals surface area contributed by atoms with Gasteiger partial charge in [0.25, 0.3) is 11.8 Å². The molecule has 1 saturated heterocycles. The van der Waals surface area contributed by atoms with Gasteiger partial charge >= 0.3 is 0 Å². The van der Waals surface area contributed by atoms with Crippen molar-refractivity contribution in [3.63, 3.8) is 0 Å². The fourth-order valence-corrected chi connectivity index (χ4v) is 3.85. The Kier molecular flexibility index (Phi) is 7.00. The predicted molar refractivity (Wildman–Crippen MR) is 114 cm³/mol. The number of carbonyl (C=O) groups is 3. The minimum atomic E-state index is -0.229. The molecule has 0 aliphatic carbocycles. The summed E-state index contributed by atoms with van der Waals surface area (Å²) in [4.78, 5) is 41.2. The van der Waals surface area contributed by atoms with E-state index < -0.39 is 0 Å². The summed E-state index contributed by atoms with van der Waals surface area (Å²) in [6.45, 7) is 6.57. The van der Waals surface area contributed by atoms with E-state index in [2.05, 4.69) is 10.6 Å². The zero-order chi connectivity index (χ0) is 20.8. The fraction of sp³-hybridized carbons (Fsp3) is 0.381. The molecule has 0 bridgehead atoms. The van der Waals surface area contributed by atoms with E-state index in [0.29, 0.717) is 49.5 Å². The van der Waals surface area contributed by atoms with Crippen LogP contribution in [0, 0.1) is 0 Å². The quantitative estimate of drug-likeness (QED) is 0.760. The van der Waals surface area contributed by atoms with Crippen LogP contribution in [0.5, 0.6) is 0 Å². The van der Waals surface area contributed by atoms with Gasteiger partial charge in [-0.2, -0.15) is 11.3 Å². The molecule has 1 aromatic heterocycles. The van der Waals surface area contributed by atoms with Crippen LogP contribution >= 0.6 is 11.3 Å². The third kappa shape index (κ3) is 5.65. The highest BCUT2D eigenvalue weighted by atomic mass is 32.1. The zero-order valence-corrected chi connectivity index (χ0v) is 17.5. The van der Waals surface area contributed by atoms with Gasteiger partial charge in [0, 0.05) is 37.6 Å². The molecule has 1 aliphatic heterocycles. The lowest BCUT2D eigenvalue weighted by Crippen LogP contribution is -2.51.